The van der Waals surface area contributed by atoms with E-state index in [1.165, 1.54) is 0 Å². The lowest BCUT2D eigenvalue weighted by molar-refractivity contribution is -0.0542. The van der Waals surface area contributed by atoms with Gasteiger partial charge in [-0.1, -0.05) is 48.0 Å². The van der Waals surface area contributed by atoms with Gasteiger partial charge >= 0.3 is 15.6 Å². The first-order valence-electron chi connectivity index (χ1n) is 5.83. The van der Waals surface area contributed by atoms with Crippen molar-refractivity contribution in [1.29, 1.82) is 0 Å². The Hall–Kier alpha value is 0.180. The van der Waals surface area contributed by atoms with Gasteiger partial charge in [0.05, 0.1) is 6.61 Å². The molecule has 0 radical (unpaired) electrons. The molecule has 0 saturated carbocycles. The monoisotopic (exact) mass is 354 g/mol. The molecule has 0 atom stereocenters. The number of unbranched alkanes of at least 4 members (excludes halogenated alkanes) is 6. The molecule has 0 spiro atoms. The Morgan fingerprint density at radius 3 is 1.78 bits per heavy atom. The van der Waals surface area contributed by atoms with Crippen molar-refractivity contribution >= 4 is 26.0 Å². The summed E-state index contributed by atoms with van der Waals surface area (Å²) in [6.45, 7) is -0.400. The first-order valence-corrected chi connectivity index (χ1v) is 8.36. The highest BCUT2D eigenvalue weighted by atomic mass is 79.9. The largest absolute Gasteiger partial charge is 0.523 e. The second kappa shape index (κ2) is 9.14. The van der Waals surface area contributed by atoms with Crippen molar-refractivity contribution in [3.05, 3.63) is 0 Å². The lowest BCUT2D eigenvalue weighted by atomic mass is 10.1. The van der Waals surface area contributed by atoms with Gasteiger partial charge in [-0.25, -0.2) is 0 Å². The van der Waals surface area contributed by atoms with Crippen LogP contribution in [0.4, 0.5) is 13.2 Å². The highest BCUT2D eigenvalue weighted by Gasteiger charge is 2.47. The zero-order chi connectivity index (χ0) is 14.1. The second-order valence-electron chi connectivity index (χ2n) is 3.89. The third kappa shape index (κ3) is 8.31. The SMILES string of the molecule is O=S(=O)(OCCCCCCCCCBr)C(F)(F)F. The first kappa shape index (κ1) is 18.2. The lowest BCUT2D eigenvalue weighted by Crippen LogP contribution is -2.25. The van der Waals surface area contributed by atoms with Crippen LogP contribution in [0.5, 0.6) is 0 Å². The smallest absolute Gasteiger partial charge is 0.263 e. The van der Waals surface area contributed by atoms with Gasteiger partial charge in [0, 0.05) is 5.33 Å². The minimum atomic E-state index is -5.41. The molecule has 18 heavy (non-hydrogen) atoms. The van der Waals surface area contributed by atoms with Gasteiger partial charge in [-0.3, -0.25) is 4.18 Å². The summed E-state index contributed by atoms with van der Waals surface area (Å²) in [7, 11) is -5.41. The van der Waals surface area contributed by atoms with E-state index in [4.69, 9.17) is 0 Å². The molecule has 0 aromatic carbocycles. The van der Waals surface area contributed by atoms with E-state index in [0.29, 0.717) is 12.8 Å². The predicted molar refractivity (Wildman–Crippen MR) is 67.0 cm³/mol. The van der Waals surface area contributed by atoms with Crippen molar-refractivity contribution in [1.82, 2.24) is 0 Å². The van der Waals surface area contributed by atoms with Gasteiger partial charge in [0.1, 0.15) is 0 Å². The highest BCUT2D eigenvalue weighted by molar-refractivity contribution is 9.09. The van der Waals surface area contributed by atoms with Crippen LogP contribution in [0, 0.1) is 0 Å². The van der Waals surface area contributed by atoms with Crippen LogP contribution in [0.25, 0.3) is 0 Å². The van der Waals surface area contributed by atoms with Crippen LogP contribution in [0.2, 0.25) is 0 Å². The Morgan fingerprint density at radius 1 is 0.889 bits per heavy atom. The molecule has 0 aliphatic rings. The highest BCUT2D eigenvalue weighted by Crippen LogP contribution is 2.24. The summed E-state index contributed by atoms with van der Waals surface area (Å²) in [5.41, 5.74) is -5.32. The van der Waals surface area contributed by atoms with E-state index in [0.717, 1.165) is 37.4 Å². The standard InChI is InChI=1S/C10H18BrF3O3S/c11-8-6-4-2-1-3-5-7-9-17-18(15,16)10(12,13)14/h1-9H2. The summed E-state index contributed by atoms with van der Waals surface area (Å²) in [4.78, 5) is 0. The number of hydrogen-bond acceptors (Lipinski definition) is 3. The zero-order valence-electron chi connectivity index (χ0n) is 10.0. The fourth-order valence-corrected chi connectivity index (χ4v) is 2.18. The molecule has 0 unspecified atom stereocenters. The number of alkyl halides is 4. The summed E-state index contributed by atoms with van der Waals surface area (Å²) in [5, 5.41) is 0.982. The molecule has 0 N–H and O–H groups in total. The topological polar surface area (TPSA) is 43.4 Å². The van der Waals surface area contributed by atoms with Gasteiger partial charge < -0.3 is 0 Å². The van der Waals surface area contributed by atoms with Crippen molar-refractivity contribution in [2.24, 2.45) is 0 Å². The maximum Gasteiger partial charge on any atom is 0.523 e. The Labute approximate surface area is 114 Å². The van der Waals surface area contributed by atoms with Crippen molar-refractivity contribution in [2.75, 3.05) is 11.9 Å². The predicted octanol–water partition coefficient (Wildman–Crippen LogP) is 3.98. The molecule has 8 heteroatoms. The third-order valence-electron chi connectivity index (χ3n) is 2.30. The molecule has 0 bridgehead atoms. The number of rotatable bonds is 10. The lowest BCUT2D eigenvalue weighted by Gasteiger charge is -2.07. The summed E-state index contributed by atoms with van der Waals surface area (Å²) in [6, 6.07) is 0. The average Bonchev–Trinajstić information content (AvgIpc) is 2.25. The van der Waals surface area contributed by atoms with Crippen LogP contribution >= 0.6 is 15.9 Å². The summed E-state index contributed by atoms with van der Waals surface area (Å²) >= 11 is 3.32. The normalized spacial score (nSPS) is 12.9. The minimum absolute atomic E-state index is 0.327. The third-order valence-corrected chi connectivity index (χ3v) is 3.90. The summed E-state index contributed by atoms with van der Waals surface area (Å²) < 4.78 is 60.5. The van der Waals surface area contributed by atoms with Crippen LogP contribution in [-0.2, 0) is 14.3 Å². The molecule has 0 aliphatic heterocycles. The Morgan fingerprint density at radius 2 is 1.33 bits per heavy atom. The van der Waals surface area contributed by atoms with Gasteiger partial charge in [-0.2, -0.15) is 21.6 Å². The van der Waals surface area contributed by atoms with Crippen molar-refractivity contribution in [3.8, 4) is 0 Å². The Kier molecular flexibility index (Phi) is 9.23. The van der Waals surface area contributed by atoms with Gasteiger partial charge in [0.15, 0.2) is 0 Å². The maximum atomic E-state index is 11.9. The first-order chi connectivity index (χ1) is 8.31. The molecule has 0 aromatic rings. The maximum absolute atomic E-state index is 11.9. The molecule has 0 heterocycles. The van der Waals surface area contributed by atoms with Crippen LogP contribution in [0.3, 0.4) is 0 Å². The fourth-order valence-electron chi connectivity index (χ4n) is 1.32. The molecule has 0 amide bonds. The van der Waals surface area contributed by atoms with Crippen LogP contribution < -0.4 is 0 Å². The van der Waals surface area contributed by atoms with Crippen molar-refractivity contribution < 1.29 is 25.8 Å². The average molecular weight is 355 g/mol. The van der Waals surface area contributed by atoms with Crippen LogP contribution in [0.15, 0.2) is 0 Å². The number of hydrogen-bond donors (Lipinski definition) is 0. The number of halogens is 4. The van der Waals surface area contributed by atoms with E-state index in [1.54, 1.807) is 0 Å². The van der Waals surface area contributed by atoms with Gasteiger partial charge in [-0.05, 0) is 12.8 Å². The molecule has 0 saturated heterocycles. The molecule has 0 fully saturated rings. The van der Waals surface area contributed by atoms with Gasteiger partial charge in [0.2, 0.25) is 0 Å². The molecule has 0 aliphatic carbocycles. The zero-order valence-corrected chi connectivity index (χ0v) is 12.4. The van der Waals surface area contributed by atoms with Crippen molar-refractivity contribution in [2.45, 2.75) is 50.5 Å². The molecule has 0 aromatic heterocycles. The van der Waals surface area contributed by atoms with Crippen LogP contribution in [0.1, 0.15) is 44.9 Å². The van der Waals surface area contributed by atoms with E-state index in [9.17, 15) is 21.6 Å². The summed E-state index contributed by atoms with van der Waals surface area (Å²) in [5.74, 6) is 0. The van der Waals surface area contributed by atoms with E-state index in [2.05, 4.69) is 20.1 Å². The van der Waals surface area contributed by atoms with E-state index < -0.39 is 22.2 Å². The van der Waals surface area contributed by atoms with Crippen LogP contribution in [-0.4, -0.2) is 25.9 Å². The summed E-state index contributed by atoms with van der Waals surface area (Å²) in [6.07, 6.45) is 6.25. The molecule has 3 nitrogen and oxygen atoms in total. The molecule has 0 rings (SSSR count). The van der Waals surface area contributed by atoms with E-state index in [1.807, 2.05) is 0 Å². The van der Waals surface area contributed by atoms with E-state index >= 15 is 0 Å². The molecule has 110 valence electrons. The second-order valence-corrected chi connectivity index (χ2v) is 6.29. The van der Waals surface area contributed by atoms with Crippen molar-refractivity contribution in [3.63, 3.8) is 0 Å². The van der Waals surface area contributed by atoms with E-state index in [-0.39, 0.29) is 0 Å². The van der Waals surface area contributed by atoms with Gasteiger partial charge in [-0.15, -0.1) is 0 Å². The quantitative estimate of drug-likeness (QED) is 0.258. The minimum Gasteiger partial charge on any atom is -0.263 e. The van der Waals surface area contributed by atoms with Gasteiger partial charge in [0.25, 0.3) is 0 Å². The molecular weight excluding hydrogens is 337 g/mol. The fraction of sp³-hybridized carbons (Fsp3) is 1.00. The molecular formula is C10H18BrF3O3S. The Bertz CT molecular complexity index is 304. The Balaban J connectivity index is 3.47.